The van der Waals surface area contributed by atoms with E-state index in [1.165, 1.54) is 0 Å². The minimum atomic E-state index is -0.599. The second-order valence-corrected chi connectivity index (χ2v) is 7.28. The van der Waals surface area contributed by atoms with Gasteiger partial charge in [0.05, 0.1) is 22.3 Å². The normalized spacial score (nSPS) is 13.6. The van der Waals surface area contributed by atoms with Gasteiger partial charge >= 0.3 is 5.97 Å². The molecule has 27 heavy (non-hydrogen) atoms. The van der Waals surface area contributed by atoms with Gasteiger partial charge in [0, 0.05) is 16.1 Å². The number of fused-ring (bicyclic) bond motifs is 1. The third-order valence-electron chi connectivity index (χ3n) is 4.33. The molecule has 0 saturated heterocycles. The van der Waals surface area contributed by atoms with E-state index in [0.717, 1.165) is 23.0 Å². The zero-order valence-corrected chi connectivity index (χ0v) is 16.1. The van der Waals surface area contributed by atoms with Gasteiger partial charge in [0.2, 0.25) is 0 Å². The van der Waals surface area contributed by atoms with Crippen LogP contribution in [0.25, 0.3) is 11.1 Å². The number of halogens is 1. The predicted molar refractivity (Wildman–Crippen MR) is 102 cm³/mol. The Morgan fingerprint density at radius 1 is 1.33 bits per heavy atom. The molecule has 1 aromatic carbocycles. The Bertz CT molecular complexity index is 1040. The highest BCUT2D eigenvalue weighted by atomic mass is 79.9. The highest BCUT2D eigenvalue weighted by Gasteiger charge is 2.29. The molecule has 1 saturated carbocycles. The van der Waals surface area contributed by atoms with Crippen molar-refractivity contribution in [3.05, 3.63) is 51.8 Å². The van der Waals surface area contributed by atoms with Crippen molar-refractivity contribution in [3.8, 4) is 0 Å². The number of benzene rings is 1. The molecule has 0 unspecified atom stereocenters. The van der Waals surface area contributed by atoms with Gasteiger partial charge in [0.1, 0.15) is 0 Å². The van der Waals surface area contributed by atoms with E-state index in [9.17, 15) is 9.59 Å². The van der Waals surface area contributed by atoms with Crippen molar-refractivity contribution in [1.29, 1.82) is 0 Å². The number of hydrogen-bond donors (Lipinski definition) is 1. The summed E-state index contributed by atoms with van der Waals surface area (Å²) in [5.74, 6) is -0.687. The molecule has 8 heteroatoms. The number of anilines is 1. The minimum absolute atomic E-state index is 0.321. The second kappa shape index (κ2) is 7.11. The molecule has 0 atom stereocenters. The first-order valence-corrected chi connectivity index (χ1v) is 9.30. The fraction of sp³-hybridized carbons (Fsp3) is 0.263. The Kier molecular flexibility index (Phi) is 4.65. The standard InChI is InChI=1S/C19H16BrN3O4/c1-10-17-12(8-15(11-6-7-11)22-18(17)27-23-10)19(25)26-9-16(24)21-14-5-3-2-4-13(14)20/h2-5,8,11H,6-7,9H2,1H3,(H,21,24). The Morgan fingerprint density at radius 2 is 2.11 bits per heavy atom. The van der Waals surface area contributed by atoms with Crippen LogP contribution in [-0.2, 0) is 9.53 Å². The van der Waals surface area contributed by atoms with E-state index in [1.807, 2.05) is 12.1 Å². The van der Waals surface area contributed by atoms with Gasteiger partial charge in [-0.2, -0.15) is 0 Å². The number of carbonyl (C=O) groups excluding carboxylic acids is 2. The van der Waals surface area contributed by atoms with Crippen molar-refractivity contribution in [3.63, 3.8) is 0 Å². The zero-order valence-electron chi connectivity index (χ0n) is 14.5. The van der Waals surface area contributed by atoms with E-state index in [-0.39, 0.29) is 0 Å². The Morgan fingerprint density at radius 3 is 2.85 bits per heavy atom. The lowest BCUT2D eigenvalue weighted by atomic mass is 10.1. The second-order valence-electron chi connectivity index (χ2n) is 6.42. The number of aromatic nitrogens is 2. The molecular formula is C19H16BrN3O4. The Hall–Kier alpha value is -2.74. The number of ether oxygens (including phenoxy) is 1. The molecule has 0 bridgehead atoms. The summed E-state index contributed by atoms with van der Waals surface area (Å²) in [7, 11) is 0. The van der Waals surface area contributed by atoms with E-state index in [2.05, 4.69) is 31.4 Å². The van der Waals surface area contributed by atoms with Gasteiger partial charge in [-0.1, -0.05) is 17.3 Å². The van der Waals surface area contributed by atoms with Gasteiger partial charge in [-0.25, -0.2) is 9.78 Å². The minimum Gasteiger partial charge on any atom is -0.452 e. The topological polar surface area (TPSA) is 94.3 Å². The van der Waals surface area contributed by atoms with Crippen LogP contribution in [0.5, 0.6) is 0 Å². The predicted octanol–water partition coefficient (Wildman–Crippen LogP) is 3.97. The van der Waals surface area contributed by atoms with E-state index in [0.29, 0.717) is 34.0 Å². The summed E-state index contributed by atoms with van der Waals surface area (Å²) in [4.78, 5) is 29.2. The maximum absolute atomic E-state index is 12.6. The first kappa shape index (κ1) is 17.7. The first-order chi connectivity index (χ1) is 13.0. The molecule has 3 aromatic rings. The van der Waals surface area contributed by atoms with Crippen LogP contribution in [0.3, 0.4) is 0 Å². The fourth-order valence-corrected chi connectivity index (χ4v) is 3.20. The molecule has 1 aliphatic carbocycles. The lowest BCUT2D eigenvalue weighted by Crippen LogP contribution is -2.21. The highest BCUT2D eigenvalue weighted by Crippen LogP contribution is 2.40. The number of esters is 1. The van der Waals surface area contributed by atoms with Crippen LogP contribution >= 0.6 is 15.9 Å². The number of carbonyl (C=O) groups is 2. The number of hydrogen-bond acceptors (Lipinski definition) is 6. The molecule has 138 valence electrons. The van der Waals surface area contributed by atoms with Crippen molar-refractivity contribution < 1.29 is 18.8 Å². The number of nitrogens with one attached hydrogen (secondary N) is 1. The number of nitrogens with zero attached hydrogens (tertiary/aromatic N) is 2. The van der Waals surface area contributed by atoms with Gasteiger partial charge < -0.3 is 14.6 Å². The summed E-state index contributed by atoms with van der Waals surface area (Å²) in [6.07, 6.45) is 2.07. The third kappa shape index (κ3) is 3.71. The van der Waals surface area contributed by atoms with Crippen molar-refractivity contribution in [2.24, 2.45) is 0 Å². The summed E-state index contributed by atoms with van der Waals surface area (Å²) in [6.45, 7) is 1.34. The number of pyridine rings is 1. The van der Waals surface area contributed by atoms with Crippen LogP contribution in [0.2, 0.25) is 0 Å². The van der Waals surface area contributed by atoms with Crippen LogP contribution in [0.4, 0.5) is 5.69 Å². The van der Waals surface area contributed by atoms with Gasteiger partial charge in [-0.15, -0.1) is 0 Å². The Balaban J connectivity index is 1.50. The maximum atomic E-state index is 12.6. The number of aryl methyl sites for hydroxylation is 1. The van der Waals surface area contributed by atoms with Crippen LogP contribution in [0, 0.1) is 6.92 Å². The van der Waals surface area contributed by atoms with Gasteiger partial charge in [0.15, 0.2) is 6.61 Å². The van der Waals surface area contributed by atoms with Crippen LogP contribution in [-0.4, -0.2) is 28.6 Å². The van der Waals surface area contributed by atoms with Gasteiger partial charge in [-0.05, 0) is 53.9 Å². The quantitative estimate of drug-likeness (QED) is 0.616. The van der Waals surface area contributed by atoms with Crippen LogP contribution in [0.1, 0.15) is 40.5 Å². The summed E-state index contributed by atoms with van der Waals surface area (Å²) in [5, 5.41) is 7.11. The molecule has 2 heterocycles. The zero-order chi connectivity index (χ0) is 19.0. The highest BCUT2D eigenvalue weighted by molar-refractivity contribution is 9.10. The summed E-state index contributed by atoms with van der Waals surface area (Å²) >= 11 is 3.35. The molecule has 2 aromatic heterocycles. The molecule has 0 aliphatic heterocycles. The van der Waals surface area contributed by atoms with Crippen LogP contribution < -0.4 is 5.32 Å². The van der Waals surface area contributed by atoms with E-state index < -0.39 is 18.5 Å². The monoisotopic (exact) mass is 429 g/mol. The molecule has 0 radical (unpaired) electrons. The number of rotatable bonds is 5. The summed E-state index contributed by atoms with van der Waals surface area (Å²) < 4.78 is 11.2. The van der Waals surface area contributed by atoms with E-state index >= 15 is 0 Å². The van der Waals surface area contributed by atoms with Crippen molar-refractivity contribution in [1.82, 2.24) is 10.1 Å². The van der Waals surface area contributed by atoms with Crippen LogP contribution in [0.15, 0.2) is 39.3 Å². The Labute approximate surface area is 163 Å². The summed E-state index contributed by atoms with van der Waals surface area (Å²) in [6, 6.07) is 8.92. The van der Waals surface area contributed by atoms with Crippen molar-refractivity contribution in [2.75, 3.05) is 11.9 Å². The number of amides is 1. The fourth-order valence-electron chi connectivity index (χ4n) is 2.82. The average Bonchev–Trinajstić information content (AvgIpc) is 3.45. The molecule has 1 fully saturated rings. The molecule has 1 N–H and O–H groups in total. The smallest absolute Gasteiger partial charge is 0.339 e. The average molecular weight is 430 g/mol. The van der Waals surface area contributed by atoms with Crippen molar-refractivity contribution >= 4 is 44.6 Å². The lowest BCUT2D eigenvalue weighted by Gasteiger charge is -2.09. The maximum Gasteiger partial charge on any atom is 0.339 e. The molecule has 4 rings (SSSR count). The third-order valence-corrected chi connectivity index (χ3v) is 5.03. The summed E-state index contributed by atoms with van der Waals surface area (Å²) in [5.41, 5.74) is 2.61. The van der Waals surface area contributed by atoms with Crippen molar-refractivity contribution in [2.45, 2.75) is 25.7 Å². The lowest BCUT2D eigenvalue weighted by molar-refractivity contribution is -0.119. The first-order valence-electron chi connectivity index (χ1n) is 8.51. The molecular weight excluding hydrogens is 414 g/mol. The molecule has 1 amide bonds. The van der Waals surface area contributed by atoms with E-state index in [1.54, 1.807) is 25.1 Å². The molecule has 7 nitrogen and oxygen atoms in total. The SMILES string of the molecule is Cc1noc2nc(C3CC3)cc(C(=O)OCC(=O)Nc3ccccc3Br)c12. The van der Waals surface area contributed by atoms with E-state index in [4.69, 9.17) is 9.26 Å². The van der Waals surface area contributed by atoms with Gasteiger partial charge in [0.25, 0.3) is 11.6 Å². The molecule has 0 spiro atoms. The number of para-hydroxylation sites is 1. The molecule has 1 aliphatic rings. The largest absolute Gasteiger partial charge is 0.452 e. The van der Waals surface area contributed by atoms with Gasteiger partial charge in [-0.3, -0.25) is 4.79 Å².